The Kier molecular flexibility index (Phi) is 4.71. The normalized spacial score (nSPS) is 12.6. The number of ether oxygens (including phenoxy) is 2. The van der Waals surface area contributed by atoms with Crippen LogP contribution in [0.1, 0.15) is 23.5 Å². The fourth-order valence-corrected chi connectivity index (χ4v) is 3.72. The molecule has 2 aromatic heterocycles. The number of nitrogens with zero attached hydrogens (tertiary/aromatic N) is 3. The topological polar surface area (TPSA) is 78.3 Å². The maximum atomic E-state index is 12.9. The summed E-state index contributed by atoms with van der Waals surface area (Å²) in [6, 6.07) is 5.50. The van der Waals surface area contributed by atoms with Crippen LogP contribution in [-0.4, -0.2) is 27.5 Å². The third-order valence-corrected chi connectivity index (χ3v) is 5.17. The molecule has 0 fully saturated rings. The van der Waals surface area contributed by atoms with Gasteiger partial charge in [-0.25, -0.2) is 9.67 Å². The minimum Gasteiger partial charge on any atom is -0.454 e. The Hall–Kier alpha value is -3.01. The Balaban J connectivity index is 1.46. The van der Waals surface area contributed by atoms with Crippen molar-refractivity contribution in [3.05, 3.63) is 40.5 Å². The highest BCUT2D eigenvalue weighted by atomic mass is 32.1. The van der Waals surface area contributed by atoms with Crippen LogP contribution in [0.5, 0.6) is 11.5 Å². The summed E-state index contributed by atoms with van der Waals surface area (Å²) in [4.78, 5) is 16.8. The number of aryl methyl sites for hydroxylation is 1. The molecule has 0 atom stereocenters. The van der Waals surface area contributed by atoms with Gasteiger partial charge in [0.2, 0.25) is 12.7 Å². The Bertz CT molecular complexity index is 1050. The lowest BCUT2D eigenvalue weighted by Crippen LogP contribution is -2.15. The molecule has 1 aliphatic heterocycles. The first-order chi connectivity index (χ1) is 13.4. The first-order valence-corrected chi connectivity index (χ1v) is 9.28. The first kappa shape index (κ1) is 18.4. The van der Waals surface area contributed by atoms with Gasteiger partial charge in [0.05, 0.1) is 17.8 Å². The molecule has 0 radical (unpaired) electrons. The van der Waals surface area contributed by atoms with Gasteiger partial charge < -0.3 is 14.8 Å². The quantitative estimate of drug-likeness (QED) is 0.695. The van der Waals surface area contributed by atoms with Crippen LogP contribution in [0.25, 0.3) is 11.3 Å². The maximum Gasteiger partial charge on any atom is 0.333 e. The SMILES string of the molecule is Cc1nn(C(F)F)c(C)c1CC(=O)Nc1nc(-c2ccc3c(c2)OCO3)cs1. The van der Waals surface area contributed by atoms with E-state index in [2.05, 4.69) is 15.4 Å². The summed E-state index contributed by atoms with van der Waals surface area (Å²) < 4.78 is 37.1. The number of carbonyl (C=O) groups is 1. The zero-order chi connectivity index (χ0) is 19.8. The Labute approximate surface area is 162 Å². The molecule has 0 saturated heterocycles. The molecule has 1 amide bonds. The van der Waals surface area contributed by atoms with Crippen molar-refractivity contribution in [2.45, 2.75) is 26.8 Å². The van der Waals surface area contributed by atoms with Gasteiger partial charge >= 0.3 is 6.55 Å². The van der Waals surface area contributed by atoms with Crippen molar-refractivity contribution >= 4 is 22.4 Å². The Morgan fingerprint density at radius 3 is 2.86 bits per heavy atom. The highest BCUT2D eigenvalue weighted by molar-refractivity contribution is 7.14. The van der Waals surface area contributed by atoms with Crippen LogP contribution < -0.4 is 14.8 Å². The molecule has 3 aromatic rings. The lowest BCUT2D eigenvalue weighted by molar-refractivity contribution is -0.115. The van der Waals surface area contributed by atoms with E-state index in [0.717, 1.165) is 5.56 Å². The van der Waals surface area contributed by atoms with Crippen LogP contribution in [0.2, 0.25) is 0 Å². The van der Waals surface area contributed by atoms with E-state index >= 15 is 0 Å². The summed E-state index contributed by atoms with van der Waals surface area (Å²) in [5.74, 6) is 0.993. The Morgan fingerprint density at radius 1 is 1.32 bits per heavy atom. The van der Waals surface area contributed by atoms with Crippen LogP contribution in [-0.2, 0) is 11.2 Å². The molecule has 4 rings (SSSR count). The monoisotopic (exact) mass is 406 g/mol. The van der Waals surface area contributed by atoms with Crippen molar-refractivity contribution in [2.24, 2.45) is 0 Å². The highest BCUT2D eigenvalue weighted by Gasteiger charge is 2.20. The predicted molar refractivity (Wildman–Crippen MR) is 99.0 cm³/mol. The van der Waals surface area contributed by atoms with Gasteiger partial charge in [-0.15, -0.1) is 11.3 Å². The van der Waals surface area contributed by atoms with Crippen molar-refractivity contribution < 1.29 is 23.0 Å². The number of rotatable bonds is 5. The van der Waals surface area contributed by atoms with Gasteiger partial charge in [-0.05, 0) is 32.0 Å². The molecule has 0 unspecified atom stereocenters. The average molecular weight is 406 g/mol. The molecule has 0 bridgehead atoms. The predicted octanol–water partition coefficient (Wildman–Crippen LogP) is 3.93. The molecular weight excluding hydrogens is 390 g/mol. The smallest absolute Gasteiger partial charge is 0.333 e. The van der Waals surface area contributed by atoms with E-state index in [1.54, 1.807) is 6.92 Å². The number of alkyl halides is 2. The molecule has 1 aliphatic rings. The maximum absolute atomic E-state index is 12.9. The van der Waals surface area contributed by atoms with E-state index in [1.165, 1.54) is 18.3 Å². The fraction of sp³-hybridized carbons (Fsp3) is 0.278. The van der Waals surface area contributed by atoms with Gasteiger partial charge in [-0.2, -0.15) is 13.9 Å². The summed E-state index contributed by atoms with van der Waals surface area (Å²) in [7, 11) is 0. The van der Waals surface area contributed by atoms with Gasteiger partial charge in [-0.1, -0.05) is 0 Å². The van der Waals surface area contributed by atoms with Gasteiger partial charge in [-0.3, -0.25) is 4.79 Å². The summed E-state index contributed by atoms with van der Waals surface area (Å²) >= 11 is 1.28. The summed E-state index contributed by atoms with van der Waals surface area (Å²) in [6.07, 6.45) is -0.0523. The van der Waals surface area contributed by atoms with E-state index in [9.17, 15) is 13.6 Å². The highest BCUT2D eigenvalue weighted by Crippen LogP contribution is 2.36. The minimum absolute atomic E-state index is 0.0523. The number of nitrogens with one attached hydrogen (secondary N) is 1. The second-order valence-electron chi connectivity index (χ2n) is 6.20. The Morgan fingerprint density at radius 2 is 2.11 bits per heavy atom. The number of thiazole rings is 1. The van der Waals surface area contributed by atoms with Crippen LogP contribution >= 0.6 is 11.3 Å². The zero-order valence-electron chi connectivity index (χ0n) is 15.0. The molecule has 3 heterocycles. The van der Waals surface area contributed by atoms with Gasteiger partial charge in [0, 0.05) is 22.2 Å². The minimum atomic E-state index is -2.74. The van der Waals surface area contributed by atoms with Crippen LogP contribution in [0.3, 0.4) is 0 Å². The van der Waals surface area contributed by atoms with Crippen LogP contribution in [0.15, 0.2) is 23.6 Å². The molecule has 0 saturated carbocycles. The average Bonchev–Trinajstić information content (AvgIpc) is 3.36. The van der Waals surface area contributed by atoms with Gasteiger partial charge in [0.1, 0.15) is 0 Å². The van der Waals surface area contributed by atoms with E-state index in [4.69, 9.17) is 9.47 Å². The van der Waals surface area contributed by atoms with Crippen LogP contribution in [0, 0.1) is 13.8 Å². The molecule has 28 heavy (non-hydrogen) atoms. The number of carbonyl (C=O) groups excluding carboxylic acids is 1. The lowest BCUT2D eigenvalue weighted by Gasteiger charge is -2.04. The second kappa shape index (κ2) is 7.19. The van der Waals surface area contributed by atoms with Gasteiger partial charge in [0.15, 0.2) is 16.6 Å². The summed E-state index contributed by atoms with van der Waals surface area (Å²) in [5, 5.41) is 8.75. The van der Waals surface area contributed by atoms with Crippen LogP contribution in [0.4, 0.5) is 13.9 Å². The number of hydrogen-bond acceptors (Lipinski definition) is 6. The molecule has 10 heteroatoms. The van der Waals surface area contributed by atoms with E-state index in [-0.39, 0.29) is 24.8 Å². The van der Waals surface area contributed by atoms with Crippen molar-refractivity contribution in [2.75, 3.05) is 12.1 Å². The number of amides is 1. The third kappa shape index (κ3) is 3.42. The molecule has 0 aliphatic carbocycles. The number of fused-ring (bicyclic) bond motifs is 1. The van der Waals surface area contributed by atoms with E-state index < -0.39 is 6.55 Å². The summed E-state index contributed by atoms with van der Waals surface area (Å²) in [5.41, 5.74) is 2.71. The zero-order valence-corrected chi connectivity index (χ0v) is 15.8. The standard InChI is InChI=1S/C18H16F2N4O3S/c1-9-12(10(2)24(23-9)17(19)20)6-16(25)22-18-21-13(7-28-18)11-3-4-14-15(5-11)27-8-26-14/h3-5,7,17H,6,8H2,1-2H3,(H,21,22,25). The number of benzene rings is 1. The number of anilines is 1. The van der Waals surface area contributed by atoms with Crippen molar-refractivity contribution in [3.8, 4) is 22.8 Å². The van der Waals surface area contributed by atoms with Crippen molar-refractivity contribution in [3.63, 3.8) is 0 Å². The second-order valence-corrected chi connectivity index (χ2v) is 7.06. The first-order valence-electron chi connectivity index (χ1n) is 8.40. The van der Waals surface area contributed by atoms with Crippen molar-refractivity contribution in [1.82, 2.24) is 14.8 Å². The largest absolute Gasteiger partial charge is 0.454 e. The van der Waals surface area contributed by atoms with E-state index in [1.807, 2.05) is 23.6 Å². The molecule has 1 N–H and O–H groups in total. The molecular formula is C18H16F2N4O3S. The van der Waals surface area contributed by atoms with Crippen molar-refractivity contribution in [1.29, 1.82) is 0 Å². The fourth-order valence-electron chi connectivity index (χ4n) is 2.99. The lowest BCUT2D eigenvalue weighted by atomic mass is 10.1. The molecule has 0 spiro atoms. The summed E-state index contributed by atoms with van der Waals surface area (Å²) in [6.45, 7) is 0.586. The molecule has 1 aromatic carbocycles. The number of hydrogen-bond donors (Lipinski definition) is 1. The molecule has 146 valence electrons. The number of aromatic nitrogens is 3. The van der Waals surface area contributed by atoms with Gasteiger partial charge in [0.25, 0.3) is 0 Å². The van der Waals surface area contributed by atoms with E-state index in [0.29, 0.717) is 38.3 Å². The number of halogens is 2. The molecule has 7 nitrogen and oxygen atoms in total. The third-order valence-electron chi connectivity index (χ3n) is 4.42.